The van der Waals surface area contributed by atoms with Crippen LogP contribution in [0.2, 0.25) is 0 Å². The number of fused-ring (bicyclic) bond motifs is 2. The van der Waals surface area contributed by atoms with Crippen LogP contribution in [0.5, 0.6) is 0 Å². The van der Waals surface area contributed by atoms with Gasteiger partial charge >= 0.3 is 5.97 Å². The van der Waals surface area contributed by atoms with E-state index in [1.165, 1.54) is 11.1 Å². The fourth-order valence-corrected chi connectivity index (χ4v) is 3.61. The van der Waals surface area contributed by atoms with E-state index >= 15 is 0 Å². The Kier molecular flexibility index (Phi) is 4.75. The molecule has 0 aliphatic heterocycles. The molecule has 0 spiro atoms. The van der Waals surface area contributed by atoms with E-state index in [9.17, 15) is 4.79 Å². The molecule has 27 heavy (non-hydrogen) atoms. The van der Waals surface area contributed by atoms with E-state index in [1.807, 2.05) is 6.92 Å². The second kappa shape index (κ2) is 7.34. The number of carbonyl (C=O) groups is 1. The van der Waals surface area contributed by atoms with Gasteiger partial charge < -0.3 is 14.6 Å². The van der Waals surface area contributed by atoms with E-state index in [-0.39, 0.29) is 18.5 Å². The number of benzene rings is 1. The number of aromatic nitrogens is 3. The van der Waals surface area contributed by atoms with Crippen molar-refractivity contribution in [3.8, 4) is 0 Å². The predicted molar refractivity (Wildman–Crippen MR) is 101 cm³/mol. The lowest BCUT2D eigenvalue weighted by Gasteiger charge is -2.27. The number of hydrogen-bond acceptors (Lipinski definition) is 7. The van der Waals surface area contributed by atoms with Gasteiger partial charge in [-0.1, -0.05) is 36.3 Å². The Morgan fingerprint density at radius 2 is 2.15 bits per heavy atom. The maximum absolute atomic E-state index is 12.2. The van der Waals surface area contributed by atoms with Gasteiger partial charge in [0.15, 0.2) is 0 Å². The van der Waals surface area contributed by atoms with Crippen LogP contribution >= 0.6 is 0 Å². The highest BCUT2D eigenvalue weighted by Crippen LogP contribution is 2.34. The normalized spacial score (nSPS) is 16.1. The van der Waals surface area contributed by atoms with Crippen molar-refractivity contribution >= 4 is 22.9 Å². The molecule has 1 aliphatic carbocycles. The molecule has 3 aromatic rings. The zero-order chi connectivity index (χ0) is 18.8. The van der Waals surface area contributed by atoms with E-state index < -0.39 is 5.97 Å². The van der Waals surface area contributed by atoms with Crippen molar-refractivity contribution < 1.29 is 14.1 Å². The van der Waals surface area contributed by atoms with Gasteiger partial charge in [-0.25, -0.2) is 9.78 Å². The Bertz CT molecular complexity index is 983. The fourth-order valence-electron chi connectivity index (χ4n) is 3.61. The highest BCUT2D eigenvalue weighted by Gasteiger charge is 2.25. The summed E-state index contributed by atoms with van der Waals surface area (Å²) >= 11 is 0. The lowest BCUT2D eigenvalue weighted by atomic mass is 9.88. The first-order chi connectivity index (χ1) is 13.2. The third kappa shape index (κ3) is 3.25. The third-order valence-electron chi connectivity index (χ3n) is 4.88. The molecule has 1 atom stereocenters. The molecule has 140 valence electrons. The molecule has 7 heteroatoms. The first-order valence-electron chi connectivity index (χ1n) is 9.39. The molecule has 2 aromatic heterocycles. The molecule has 1 N–H and O–H groups in total. The fraction of sp³-hybridized carbons (Fsp3) is 0.400. The first-order valence-corrected chi connectivity index (χ1v) is 9.39. The van der Waals surface area contributed by atoms with Gasteiger partial charge in [-0.15, -0.1) is 0 Å². The summed E-state index contributed by atoms with van der Waals surface area (Å²) in [4.78, 5) is 20.8. The van der Waals surface area contributed by atoms with Crippen LogP contribution in [0, 0.1) is 0 Å². The standard InChI is InChI=1S/C20H22N4O3/c1-3-14-16-17(21-15-11-7-9-12-8-5-6-10-13(12)15)22-18(20(25)26-4-2)23-19(16)27-24-14/h5-6,8,10,15H,3-4,7,9,11H2,1-2H3,(H,21,22,23). The minimum atomic E-state index is -0.569. The molecule has 0 amide bonds. The van der Waals surface area contributed by atoms with E-state index in [2.05, 4.69) is 44.7 Å². The van der Waals surface area contributed by atoms with Gasteiger partial charge in [0, 0.05) is 0 Å². The van der Waals surface area contributed by atoms with Crippen molar-refractivity contribution in [2.75, 3.05) is 11.9 Å². The molecule has 0 bridgehead atoms. The molecular weight excluding hydrogens is 344 g/mol. The summed E-state index contributed by atoms with van der Waals surface area (Å²) in [5, 5.41) is 8.34. The average Bonchev–Trinajstić information content (AvgIpc) is 3.12. The molecule has 1 aromatic carbocycles. The van der Waals surface area contributed by atoms with Gasteiger partial charge in [0.1, 0.15) is 11.2 Å². The van der Waals surface area contributed by atoms with Crippen LogP contribution in [0.15, 0.2) is 28.8 Å². The minimum Gasteiger partial charge on any atom is -0.460 e. The second-order valence-electron chi connectivity index (χ2n) is 6.57. The predicted octanol–water partition coefficient (Wildman–Crippen LogP) is 3.85. The van der Waals surface area contributed by atoms with Crippen LogP contribution in [0.4, 0.5) is 5.82 Å². The van der Waals surface area contributed by atoms with Crippen LogP contribution in [0.3, 0.4) is 0 Å². The summed E-state index contributed by atoms with van der Waals surface area (Å²) in [6, 6.07) is 8.54. The highest BCUT2D eigenvalue weighted by molar-refractivity contribution is 5.93. The number of rotatable bonds is 5. The topological polar surface area (TPSA) is 90.1 Å². The average molecular weight is 366 g/mol. The molecule has 1 unspecified atom stereocenters. The van der Waals surface area contributed by atoms with Crippen molar-refractivity contribution in [3.63, 3.8) is 0 Å². The van der Waals surface area contributed by atoms with E-state index in [4.69, 9.17) is 9.26 Å². The van der Waals surface area contributed by atoms with Gasteiger partial charge in [-0.3, -0.25) is 0 Å². The van der Waals surface area contributed by atoms with Crippen LogP contribution in [0.1, 0.15) is 60.2 Å². The largest absolute Gasteiger partial charge is 0.460 e. The van der Waals surface area contributed by atoms with E-state index in [0.717, 1.165) is 30.3 Å². The second-order valence-corrected chi connectivity index (χ2v) is 6.57. The number of aryl methyl sites for hydroxylation is 2. The molecule has 0 radical (unpaired) electrons. The van der Waals surface area contributed by atoms with Crippen molar-refractivity contribution in [1.82, 2.24) is 15.1 Å². The monoisotopic (exact) mass is 366 g/mol. The maximum atomic E-state index is 12.2. The number of nitrogens with zero attached hydrogens (tertiary/aromatic N) is 3. The summed E-state index contributed by atoms with van der Waals surface area (Å²) in [6.07, 6.45) is 3.85. The van der Waals surface area contributed by atoms with Crippen LogP contribution < -0.4 is 5.32 Å². The van der Waals surface area contributed by atoms with Crippen molar-refractivity contribution in [3.05, 3.63) is 46.9 Å². The Hall–Kier alpha value is -2.96. The smallest absolute Gasteiger partial charge is 0.376 e. The Morgan fingerprint density at radius 1 is 1.30 bits per heavy atom. The molecule has 0 saturated carbocycles. The Labute approximate surface area is 157 Å². The molecule has 7 nitrogen and oxygen atoms in total. The van der Waals surface area contributed by atoms with Gasteiger partial charge in [-0.05, 0) is 43.7 Å². The zero-order valence-corrected chi connectivity index (χ0v) is 15.5. The quantitative estimate of drug-likeness (QED) is 0.686. The summed E-state index contributed by atoms with van der Waals surface area (Å²) < 4.78 is 10.4. The number of esters is 1. The van der Waals surface area contributed by atoms with Crippen molar-refractivity contribution in [2.24, 2.45) is 0 Å². The third-order valence-corrected chi connectivity index (χ3v) is 4.88. The van der Waals surface area contributed by atoms with Gasteiger partial charge in [0.2, 0.25) is 5.82 Å². The molecular formula is C20H22N4O3. The Morgan fingerprint density at radius 3 is 2.96 bits per heavy atom. The number of ether oxygens (including phenoxy) is 1. The van der Waals surface area contributed by atoms with E-state index in [0.29, 0.717) is 18.0 Å². The lowest BCUT2D eigenvalue weighted by molar-refractivity contribution is 0.0512. The van der Waals surface area contributed by atoms with Gasteiger partial charge in [0.25, 0.3) is 5.71 Å². The SMILES string of the molecule is CCOC(=O)c1nc(NC2CCCc3ccccc32)c2c(CC)noc2n1. The van der Waals surface area contributed by atoms with Crippen molar-refractivity contribution in [2.45, 2.75) is 45.6 Å². The maximum Gasteiger partial charge on any atom is 0.376 e. The minimum absolute atomic E-state index is 0.0188. The molecule has 0 saturated heterocycles. The van der Waals surface area contributed by atoms with Crippen molar-refractivity contribution in [1.29, 1.82) is 0 Å². The van der Waals surface area contributed by atoms with Crippen LogP contribution in [0.25, 0.3) is 11.1 Å². The lowest BCUT2D eigenvalue weighted by Crippen LogP contribution is -2.19. The summed E-state index contributed by atoms with van der Waals surface area (Å²) in [7, 11) is 0. The highest BCUT2D eigenvalue weighted by atomic mass is 16.5. The van der Waals surface area contributed by atoms with Gasteiger partial charge in [-0.2, -0.15) is 4.98 Å². The molecule has 1 aliphatic rings. The van der Waals surface area contributed by atoms with Gasteiger partial charge in [0.05, 0.1) is 18.3 Å². The van der Waals surface area contributed by atoms with Crippen LogP contribution in [-0.4, -0.2) is 27.7 Å². The van der Waals surface area contributed by atoms with Crippen LogP contribution in [-0.2, 0) is 17.6 Å². The van der Waals surface area contributed by atoms with E-state index in [1.54, 1.807) is 6.92 Å². The molecule has 0 fully saturated rings. The number of hydrogen-bond donors (Lipinski definition) is 1. The summed E-state index contributed by atoms with van der Waals surface area (Å²) in [6.45, 7) is 4.00. The molecule has 4 rings (SSSR count). The number of carbonyl (C=O) groups excluding carboxylic acids is 1. The Balaban J connectivity index is 1.78. The summed E-state index contributed by atoms with van der Waals surface area (Å²) in [5.74, 6) is -0.0152. The molecule has 2 heterocycles. The summed E-state index contributed by atoms with van der Waals surface area (Å²) in [5.41, 5.74) is 3.68. The number of nitrogens with one attached hydrogen (secondary N) is 1. The number of anilines is 1. The zero-order valence-electron chi connectivity index (χ0n) is 15.5. The first kappa shape index (κ1) is 17.5.